The van der Waals surface area contributed by atoms with E-state index in [2.05, 4.69) is 38.7 Å². The van der Waals surface area contributed by atoms with Crippen molar-refractivity contribution in [2.75, 3.05) is 18.4 Å². The van der Waals surface area contributed by atoms with E-state index < -0.39 is 5.60 Å². The van der Waals surface area contributed by atoms with Gasteiger partial charge in [0.1, 0.15) is 11.3 Å². The Kier molecular flexibility index (Phi) is 5.19. The Morgan fingerprint density at radius 2 is 1.91 bits per heavy atom. The molecule has 0 atom stereocenters. The zero-order chi connectivity index (χ0) is 23.2. The molecule has 1 aromatic carbocycles. The van der Waals surface area contributed by atoms with E-state index in [1.54, 1.807) is 9.42 Å². The lowest BCUT2D eigenvalue weighted by Gasteiger charge is -2.34. The first kappa shape index (κ1) is 21.2. The van der Waals surface area contributed by atoms with E-state index in [-0.39, 0.29) is 12.1 Å². The minimum Gasteiger partial charge on any atom is -0.444 e. The standard InChI is InChI=1S/C24H29N7O2/c1-15-27-28-22-21(25-17-9-11-30(12-10-17)23(32)33-24(2,3)4)14-20(29-31(15)22)19-13-16-7-5-6-8-18(16)26-19/h5-8,13-14,17,25-26H,9-12H2,1-4H3. The Morgan fingerprint density at radius 1 is 1.15 bits per heavy atom. The lowest BCUT2D eigenvalue weighted by molar-refractivity contribution is 0.0210. The first-order chi connectivity index (χ1) is 15.8. The van der Waals surface area contributed by atoms with Gasteiger partial charge in [-0.25, -0.2) is 4.79 Å². The summed E-state index contributed by atoms with van der Waals surface area (Å²) in [7, 11) is 0. The van der Waals surface area contributed by atoms with Crippen LogP contribution in [0.15, 0.2) is 36.4 Å². The molecule has 4 heterocycles. The fourth-order valence-corrected chi connectivity index (χ4v) is 4.19. The minimum atomic E-state index is -0.487. The summed E-state index contributed by atoms with van der Waals surface area (Å²) in [4.78, 5) is 17.6. The summed E-state index contributed by atoms with van der Waals surface area (Å²) in [5.74, 6) is 0.728. The molecular formula is C24H29N7O2. The smallest absolute Gasteiger partial charge is 0.410 e. The summed E-state index contributed by atoms with van der Waals surface area (Å²) in [5.41, 5.74) is 3.92. The highest BCUT2D eigenvalue weighted by atomic mass is 16.6. The van der Waals surface area contributed by atoms with Gasteiger partial charge in [0, 0.05) is 30.0 Å². The summed E-state index contributed by atoms with van der Waals surface area (Å²) in [5, 5.41) is 18.1. The molecule has 0 radical (unpaired) electrons. The van der Waals surface area contributed by atoms with Crippen LogP contribution in [0.1, 0.15) is 39.4 Å². The Morgan fingerprint density at radius 3 is 2.64 bits per heavy atom. The number of benzene rings is 1. The monoisotopic (exact) mass is 447 g/mol. The Labute approximate surface area is 192 Å². The van der Waals surface area contributed by atoms with Gasteiger partial charge in [-0.1, -0.05) is 18.2 Å². The van der Waals surface area contributed by atoms with Gasteiger partial charge in [0.15, 0.2) is 5.82 Å². The molecule has 5 rings (SSSR count). The van der Waals surface area contributed by atoms with Crippen molar-refractivity contribution in [3.05, 3.63) is 42.2 Å². The van der Waals surface area contributed by atoms with E-state index in [1.165, 1.54) is 0 Å². The molecule has 33 heavy (non-hydrogen) atoms. The number of likely N-dealkylation sites (tertiary alicyclic amines) is 1. The fourth-order valence-electron chi connectivity index (χ4n) is 4.19. The van der Waals surface area contributed by atoms with Crippen LogP contribution in [-0.2, 0) is 4.74 Å². The highest BCUT2D eigenvalue weighted by Crippen LogP contribution is 2.28. The molecule has 1 saturated heterocycles. The first-order valence-electron chi connectivity index (χ1n) is 11.3. The number of anilines is 1. The molecule has 0 aliphatic carbocycles. The van der Waals surface area contributed by atoms with Crippen molar-refractivity contribution >= 4 is 28.3 Å². The fraction of sp³-hybridized carbons (Fsp3) is 0.417. The quantitative estimate of drug-likeness (QED) is 0.483. The number of aromatic nitrogens is 5. The van der Waals surface area contributed by atoms with Crippen molar-refractivity contribution in [1.29, 1.82) is 0 Å². The second kappa shape index (κ2) is 8.06. The third-order valence-electron chi connectivity index (χ3n) is 5.84. The lowest BCUT2D eigenvalue weighted by atomic mass is 10.0. The molecule has 0 spiro atoms. The van der Waals surface area contributed by atoms with Crippen LogP contribution in [0.2, 0.25) is 0 Å². The van der Waals surface area contributed by atoms with Crippen LogP contribution in [0, 0.1) is 6.92 Å². The van der Waals surface area contributed by atoms with Gasteiger partial charge < -0.3 is 19.9 Å². The Bertz CT molecular complexity index is 1280. The average Bonchev–Trinajstić information content (AvgIpc) is 3.37. The van der Waals surface area contributed by atoms with Crippen molar-refractivity contribution in [2.24, 2.45) is 0 Å². The number of nitrogens with zero attached hydrogens (tertiary/aromatic N) is 5. The van der Waals surface area contributed by atoms with Crippen LogP contribution in [-0.4, -0.2) is 60.5 Å². The van der Waals surface area contributed by atoms with Crippen molar-refractivity contribution < 1.29 is 9.53 Å². The summed E-state index contributed by atoms with van der Waals surface area (Å²) in [6.45, 7) is 8.85. The number of piperidine rings is 1. The van der Waals surface area contributed by atoms with Gasteiger partial charge in [0.05, 0.1) is 11.4 Å². The Balaban J connectivity index is 1.38. The topological polar surface area (TPSA) is 100 Å². The molecule has 0 saturated carbocycles. The SMILES string of the molecule is Cc1nnc2c(NC3CCN(C(=O)OC(C)(C)C)CC3)cc(-c3cc4ccccc4[nH]3)nn12. The molecule has 172 valence electrons. The van der Waals surface area contributed by atoms with Gasteiger partial charge in [-0.05, 0) is 58.7 Å². The molecule has 2 N–H and O–H groups in total. The number of carbonyl (C=O) groups is 1. The number of aryl methyl sites for hydroxylation is 1. The average molecular weight is 448 g/mol. The van der Waals surface area contributed by atoms with Crippen molar-refractivity contribution in [1.82, 2.24) is 29.7 Å². The predicted octanol–water partition coefficient (Wildman–Crippen LogP) is 4.39. The largest absolute Gasteiger partial charge is 0.444 e. The number of nitrogens with one attached hydrogen (secondary N) is 2. The minimum absolute atomic E-state index is 0.211. The number of hydrogen-bond acceptors (Lipinski definition) is 6. The zero-order valence-corrected chi connectivity index (χ0v) is 19.4. The van der Waals surface area contributed by atoms with Crippen LogP contribution >= 0.6 is 0 Å². The van der Waals surface area contributed by atoms with Crippen molar-refractivity contribution in [3.63, 3.8) is 0 Å². The number of H-pyrrole nitrogens is 1. The molecule has 9 heteroatoms. The van der Waals surface area contributed by atoms with E-state index in [9.17, 15) is 4.79 Å². The van der Waals surface area contributed by atoms with Gasteiger partial charge in [-0.2, -0.15) is 9.61 Å². The molecule has 0 bridgehead atoms. The summed E-state index contributed by atoms with van der Waals surface area (Å²) < 4.78 is 7.29. The van der Waals surface area contributed by atoms with E-state index >= 15 is 0 Å². The van der Waals surface area contributed by atoms with Crippen LogP contribution < -0.4 is 5.32 Å². The van der Waals surface area contributed by atoms with Crippen molar-refractivity contribution in [3.8, 4) is 11.4 Å². The molecule has 4 aromatic rings. The van der Waals surface area contributed by atoms with Gasteiger partial charge in [-0.15, -0.1) is 10.2 Å². The lowest BCUT2D eigenvalue weighted by Crippen LogP contribution is -2.44. The second-order valence-electron chi connectivity index (χ2n) is 9.58. The normalized spacial score (nSPS) is 15.3. The van der Waals surface area contributed by atoms with Gasteiger partial charge in [0.2, 0.25) is 5.65 Å². The van der Waals surface area contributed by atoms with Crippen LogP contribution in [0.3, 0.4) is 0 Å². The summed E-state index contributed by atoms with van der Waals surface area (Å²) in [6, 6.07) is 12.5. The Hall–Kier alpha value is -3.62. The number of ether oxygens (including phenoxy) is 1. The molecule has 1 aliphatic heterocycles. The molecule has 1 amide bonds. The number of para-hydroxylation sites is 1. The third-order valence-corrected chi connectivity index (χ3v) is 5.84. The third kappa shape index (κ3) is 4.35. The van der Waals surface area contributed by atoms with E-state index in [0.29, 0.717) is 18.7 Å². The van der Waals surface area contributed by atoms with Crippen LogP contribution in [0.5, 0.6) is 0 Å². The molecular weight excluding hydrogens is 418 g/mol. The van der Waals surface area contributed by atoms with Crippen molar-refractivity contribution in [2.45, 2.75) is 52.2 Å². The molecule has 3 aromatic heterocycles. The zero-order valence-electron chi connectivity index (χ0n) is 19.4. The van der Waals surface area contributed by atoms with Crippen LogP contribution in [0.25, 0.3) is 27.9 Å². The highest BCUT2D eigenvalue weighted by molar-refractivity contribution is 5.86. The molecule has 1 fully saturated rings. The maximum atomic E-state index is 12.4. The van der Waals surface area contributed by atoms with Gasteiger partial charge >= 0.3 is 6.09 Å². The maximum Gasteiger partial charge on any atom is 0.410 e. The molecule has 9 nitrogen and oxygen atoms in total. The van der Waals surface area contributed by atoms with Gasteiger partial charge in [0.25, 0.3) is 0 Å². The predicted molar refractivity (Wildman–Crippen MR) is 127 cm³/mol. The molecule has 0 unspecified atom stereocenters. The number of amides is 1. The summed E-state index contributed by atoms with van der Waals surface area (Å²) in [6.07, 6.45) is 1.40. The number of fused-ring (bicyclic) bond motifs is 2. The van der Waals surface area contributed by atoms with E-state index in [0.717, 1.165) is 46.6 Å². The first-order valence-corrected chi connectivity index (χ1v) is 11.3. The second-order valence-corrected chi connectivity index (χ2v) is 9.58. The number of rotatable bonds is 3. The van der Waals surface area contributed by atoms with E-state index in [4.69, 9.17) is 9.84 Å². The van der Waals surface area contributed by atoms with E-state index in [1.807, 2.05) is 45.9 Å². The molecule has 1 aliphatic rings. The number of hydrogen-bond donors (Lipinski definition) is 2. The van der Waals surface area contributed by atoms with Gasteiger partial charge in [-0.3, -0.25) is 0 Å². The number of aromatic amines is 1. The van der Waals surface area contributed by atoms with Crippen LogP contribution in [0.4, 0.5) is 10.5 Å². The number of carbonyl (C=O) groups excluding carboxylic acids is 1. The maximum absolute atomic E-state index is 12.4. The highest BCUT2D eigenvalue weighted by Gasteiger charge is 2.27. The summed E-state index contributed by atoms with van der Waals surface area (Å²) >= 11 is 0.